The Morgan fingerprint density at radius 1 is 1.10 bits per heavy atom. The zero-order chi connectivity index (χ0) is 16.1. The molecule has 1 aromatic carbocycles. The molecule has 0 spiro atoms. The molecule has 0 saturated heterocycles. The number of nitrogens with two attached hydrogens (primary N) is 1. The molecule has 0 aliphatic heterocycles. The average molecular weight is 334 g/mol. The van der Waals surface area contributed by atoms with Gasteiger partial charge in [0.2, 0.25) is 20.0 Å². The van der Waals surface area contributed by atoms with E-state index in [4.69, 9.17) is 5.14 Å². The predicted molar refractivity (Wildman–Crippen MR) is 81.7 cm³/mol. The number of benzene rings is 1. The van der Waals surface area contributed by atoms with Gasteiger partial charge < -0.3 is 0 Å². The van der Waals surface area contributed by atoms with E-state index in [-0.39, 0.29) is 10.9 Å². The second-order valence-electron chi connectivity index (χ2n) is 5.01. The van der Waals surface area contributed by atoms with Gasteiger partial charge in [0.1, 0.15) is 9.79 Å². The normalized spacial score (nSPS) is 14.0. The lowest BCUT2D eigenvalue weighted by Gasteiger charge is -2.15. The summed E-state index contributed by atoms with van der Waals surface area (Å²) in [4.78, 5) is -0.701. The Balaban J connectivity index is 2.99. The molecule has 1 unspecified atom stereocenters. The SMILES string of the molecule is CCCCCC(C)NS(=O)(=O)c1ccccc1S(N)(=O)=O. The van der Waals surface area contributed by atoms with Crippen LogP contribution in [0, 0.1) is 0 Å². The molecule has 21 heavy (non-hydrogen) atoms. The van der Waals surface area contributed by atoms with Crippen LogP contribution in [0.1, 0.15) is 39.5 Å². The Morgan fingerprint density at radius 2 is 1.67 bits per heavy atom. The van der Waals surface area contributed by atoms with Gasteiger partial charge in [-0.05, 0) is 25.5 Å². The second kappa shape index (κ2) is 7.35. The van der Waals surface area contributed by atoms with Crippen molar-refractivity contribution in [1.82, 2.24) is 4.72 Å². The van der Waals surface area contributed by atoms with Crippen LogP contribution in [0.4, 0.5) is 0 Å². The van der Waals surface area contributed by atoms with Crippen LogP contribution in [0.3, 0.4) is 0 Å². The summed E-state index contributed by atoms with van der Waals surface area (Å²) >= 11 is 0. The molecule has 0 aromatic heterocycles. The molecule has 0 aliphatic carbocycles. The fourth-order valence-electron chi connectivity index (χ4n) is 2.00. The van der Waals surface area contributed by atoms with Crippen molar-refractivity contribution in [2.24, 2.45) is 5.14 Å². The highest BCUT2D eigenvalue weighted by Gasteiger charge is 2.25. The van der Waals surface area contributed by atoms with Gasteiger partial charge in [-0.2, -0.15) is 0 Å². The lowest BCUT2D eigenvalue weighted by atomic mass is 10.1. The minimum atomic E-state index is -4.09. The Hall–Kier alpha value is -0.960. The van der Waals surface area contributed by atoms with Crippen LogP contribution in [0.15, 0.2) is 34.1 Å². The third-order valence-electron chi connectivity index (χ3n) is 3.04. The quantitative estimate of drug-likeness (QED) is 0.704. The van der Waals surface area contributed by atoms with E-state index in [1.54, 1.807) is 6.92 Å². The molecule has 0 amide bonds. The summed E-state index contributed by atoms with van der Waals surface area (Å²) in [5.74, 6) is 0. The van der Waals surface area contributed by atoms with Crippen LogP contribution < -0.4 is 9.86 Å². The molecule has 0 aliphatic rings. The molecule has 8 heteroatoms. The van der Waals surface area contributed by atoms with Crippen molar-refractivity contribution < 1.29 is 16.8 Å². The molecule has 0 saturated carbocycles. The fraction of sp³-hybridized carbons (Fsp3) is 0.538. The first-order chi connectivity index (χ1) is 9.68. The maximum Gasteiger partial charge on any atom is 0.242 e. The smallest absolute Gasteiger partial charge is 0.225 e. The van der Waals surface area contributed by atoms with Crippen LogP contribution in [-0.4, -0.2) is 22.9 Å². The van der Waals surface area contributed by atoms with Gasteiger partial charge in [-0.15, -0.1) is 0 Å². The molecule has 1 rings (SSSR count). The molecule has 3 N–H and O–H groups in total. The highest BCUT2D eigenvalue weighted by atomic mass is 32.2. The summed E-state index contributed by atoms with van der Waals surface area (Å²) in [6, 6.07) is 5.05. The van der Waals surface area contributed by atoms with E-state index >= 15 is 0 Å². The number of hydrogen-bond donors (Lipinski definition) is 2. The minimum absolute atomic E-state index is 0.268. The van der Waals surface area contributed by atoms with E-state index in [9.17, 15) is 16.8 Å². The van der Waals surface area contributed by atoms with Gasteiger partial charge in [-0.25, -0.2) is 26.7 Å². The van der Waals surface area contributed by atoms with Gasteiger partial charge in [0, 0.05) is 6.04 Å². The molecule has 1 atom stereocenters. The first-order valence-corrected chi connectivity index (χ1v) is 9.85. The van der Waals surface area contributed by atoms with Gasteiger partial charge in [0.15, 0.2) is 0 Å². The first-order valence-electron chi connectivity index (χ1n) is 6.82. The molecule has 0 fully saturated rings. The van der Waals surface area contributed by atoms with Crippen LogP contribution in [-0.2, 0) is 20.0 Å². The monoisotopic (exact) mass is 334 g/mol. The van der Waals surface area contributed by atoms with Crippen LogP contribution in [0.2, 0.25) is 0 Å². The van der Waals surface area contributed by atoms with Crippen molar-refractivity contribution in [2.75, 3.05) is 0 Å². The summed E-state index contributed by atoms with van der Waals surface area (Å²) in [6.07, 6.45) is 3.69. The molecule has 6 nitrogen and oxygen atoms in total. The Labute approximate surface area is 126 Å². The lowest BCUT2D eigenvalue weighted by molar-refractivity contribution is 0.525. The highest BCUT2D eigenvalue weighted by molar-refractivity contribution is 7.92. The van der Waals surface area contributed by atoms with Gasteiger partial charge in [0.25, 0.3) is 0 Å². The molecule has 0 radical (unpaired) electrons. The van der Waals surface area contributed by atoms with E-state index in [0.717, 1.165) is 19.3 Å². The van der Waals surface area contributed by atoms with E-state index in [1.165, 1.54) is 24.3 Å². The minimum Gasteiger partial charge on any atom is -0.225 e. The predicted octanol–water partition coefficient (Wildman–Crippen LogP) is 1.58. The molecule has 120 valence electrons. The summed E-state index contributed by atoms with van der Waals surface area (Å²) < 4.78 is 50.1. The van der Waals surface area contributed by atoms with E-state index < -0.39 is 24.9 Å². The van der Waals surface area contributed by atoms with Crippen LogP contribution >= 0.6 is 0 Å². The molecular weight excluding hydrogens is 312 g/mol. The maximum absolute atomic E-state index is 12.3. The number of nitrogens with one attached hydrogen (secondary N) is 1. The molecular formula is C13H22N2O4S2. The lowest BCUT2D eigenvalue weighted by Crippen LogP contribution is -2.33. The van der Waals surface area contributed by atoms with E-state index in [2.05, 4.69) is 11.6 Å². The standard InChI is InChI=1S/C13H22N2O4S2/c1-3-4-5-8-11(2)15-21(18,19)13-10-7-6-9-12(13)20(14,16)17/h6-7,9-11,15H,3-5,8H2,1-2H3,(H2,14,16,17). The van der Waals surface area contributed by atoms with Crippen molar-refractivity contribution in [3.8, 4) is 0 Å². The highest BCUT2D eigenvalue weighted by Crippen LogP contribution is 2.20. The van der Waals surface area contributed by atoms with Crippen molar-refractivity contribution in [3.05, 3.63) is 24.3 Å². The van der Waals surface area contributed by atoms with Crippen LogP contribution in [0.25, 0.3) is 0 Å². The van der Waals surface area contributed by atoms with Crippen LogP contribution in [0.5, 0.6) is 0 Å². The Morgan fingerprint density at radius 3 is 2.19 bits per heavy atom. The van der Waals surface area contributed by atoms with Gasteiger partial charge in [-0.1, -0.05) is 38.3 Å². The van der Waals surface area contributed by atoms with Gasteiger partial charge >= 0.3 is 0 Å². The Bertz CT molecular complexity index is 669. The summed E-state index contributed by atoms with van der Waals surface area (Å²) in [5, 5.41) is 5.06. The number of unbranched alkanes of at least 4 members (excludes halogenated alkanes) is 2. The van der Waals surface area contributed by atoms with E-state index in [1.807, 2.05) is 0 Å². The third-order valence-corrected chi connectivity index (χ3v) is 5.79. The number of primary sulfonamides is 1. The average Bonchev–Trinajstić information content (AvgIpc) is 2.37. The summed E-state index contributed by atoms with van der Waals surface area (Å²) in [7, 11) is -8.01. The number of sulfonamides is 2. The summed E-state index contributed by atoms with van der Waals surface area (Å²) in [6.45, 7) is 3.82. The molecule has 1 aromatic rings. The van der Waals surface area contributed by atoms with Crippen molar-refractivity contribution in [1.29, 1.82) is 0 Å². The van der Waals surface area contributed by atoms with Crippen molar-refractivity contribution >= 4 is 20.0 Å². The fourth-order valence-corrected chi connectivity index (χ4v) is 4.65. The molecule has 0 heterocycles. The second-order valence-corrected chi connectivity index (χ2v) is 8.22. The third kappa shape index (κ3) is 5.39. The summed E-state index contributed by atoms with van der Waals surface area (Å²) in [5.41, 5.74) is 0. The maximum atomic E-state index is 12.3. The van der Waals surface area contributed by atoms with Crippen molar-refractivity contribution in [3.63, 3.8) is 0 Å². The topological polar surface area (TPSA) is 106 Å². The first kappa shape index (κ1) is 18.1. The van der Waals surface area contributed by atoms with Gasteiger partial charge in [-0.3, -0.25) is 0 Å². The van der Waals surface area contributed by atoms with Crippen molar-refractivity contribution in [2.45, 2.75) is 55.4 Å². The number of hydrogen-bond acceptors (Lipinski definition) is 4. The zero-order valence-corrected chi connectivity index (χ0v) is 13.9. The van der Waals surface area contributed by atoms with E-state index in [0.29, 0.717) is 6.42 Å². The molecule has 0 bridgehead atoms. The number of rotatable bonds is 8. The zero-order valence-electron chi connectivity index (χ0n) is 12.2. The van der Waals surface area contributed by atoms with Gasteiger partial charge in [0.05, 0.1) is 0 Å². The Kier molecular flexibility index (Phi) is 6.33. The largest absolute Gasteiger partial charge is 0.242 e.